The lowest BCUT2D eigenvalue weighted by molar-refractivity contribution is -0.690. The summed E-state index contributed by atoms with van der Waals surface area (Å²) in [5.41, 5.74) is 1.40. The van der Waals surface area contributed by atoms with Gasteiger partial charge in [-0.1, -0.05) is 30.0 Å². The number of hydrogen-bond donors (Lipinski definition) is 1. The van der Waals surface area contributed by atoms with Crippen LogP contribution < -0.4 is 19.9 Å². The Labute approximate surface area is 149 Å². The Balaban J connectivity index is 1.72. The van der Waals surface area contributed by atoms with Gasteiger partial charge in [-0.3, -0.25) is 0 Å². The summed E-state index contributed by atoms with van der Waals surface area (Å²) in [5, 5.41) is 12.7. The van der Waals surface area contributed by atoms with Gasteiger partial charge in [-0.15, -0.1) is 0 Å². The highest BCUT2D eigenvalue weighted by Crippen LogP contribution is 2.34. The number of methoxy groups -OCH3 is 1. The van der Waals surface area contributed by atoms with Crippen LogP contribution in [0, 0.1) is 5.82 Å². The summed E-state index contributed by atoms with van der Waals surface area (Å²) in [4.78, 5) is 11.0. The van der Waals surface area contributed by atoms with Crippen LogP contribution in [0.1, 0.15) is 16.5 Å². The number of carboxylic acids is 1. The van der Waals surface area contributed by atoms with Crippen molar-refractivity contribution < 1.29 is 29.1 Å². The van der Waals surface area contributed by atoms with E-state index in [1.54, 1.807) is 41.3 Å². The summed E-state index contributed by atoms with van der Waals surface area (Å²) < 4.78 is 24.7. The van der Waals surface area contributed by atoms with Crippen molar-refractivity contribution in [2.24, 2.45) is 0 Å². The first kappa shape index (κ1) is 17.6. The van der Waals surface area contributed by atoms with Crippen LogP contribution in [0.4, 0.5) is 4.39 Å². The van der Waals surface area contributed by atoms with Crippen LogP contribution in [0.5, 0.6) is 11.5 Å². The number of nitrogens with two attached hydrogens (primary N) is 1. The number of halogens is 1. The Morgan fingerprint density at radius 1 is 1.32 bits per heavy atom. The molecular formula is C18H18FNO4S. The third-order valence-corrected chi connectivity index (χ3v) is 5.36. The summed E-state index contributed by atoms with van der Waals surface area (Å²) in [6.07, 6.45) is 0. The summed E-state index contributed by atoms with van der Waals surface area (Å²) in [5.74, 6) is 0.171. The van der Waals surface area contributed by atoms with Crippen LogP contribution in [0.3, 0.4) is 0 Å². The molecule has 0 spiro atoms. The number of quaternary nitrogens is 1. The molecular weight excluding hydrogens is 345 g/mol. The second-order valence-electron chi connectivity index (χ2n) is 5.66. The van der Waals surface area contributed by atoms with E-state index < -0.39 is 12.0 Å². The van der Waals surface area contributed by atoms with E-state index in [0.717, 1.165) is 5.56 Å². The van der Waals surface area contributed by atoms with Crippen molar-refractivity contribution in [2.75, 3.05) is 12.9 Å². The van der Waals surface area contributed by atoms with Crippen LogP contribution in [0.15, 0.2) is 42.5 Å². The lowest BCUT2D eigenvalue weighted by Gasteiger charge is -2.15. The van der Waals surface area contributed by atoms with E-state index in [-0.39, 0.29) is 17.8 Å². The topological polar surface area (TPSA) is 75.2 Å². The second kappa shape index (κ2) is 7.76. The molecule has 1 saturated heterocycles. The normalized spacial score (nSPS) is 19.6. The number of ether oxygens (including phenoxy) is 2. The fraction of sp³-hybridized carbons (Fsp3) is 0.278. The number of rotatable bonds is 6. The van der Waals surface area contributed by atoms with Gasteiger partial charge in [0.25, 0.3) is 0 Å². The molecule has 0 saturated carbocycles. The van der Waals surface area contributed by atoms with Gasteiger partial charge in [-0.2, -0.15) is 0 Å². The van der Waals surface area contributed by atoms with E-state index in [1.165, 1.54) is 13.2 Å². The van der Waals surface area contributed by atoms with Crippen LogP contribution >= 0.6 is 11.8 Å². The van der Waals surface area contributed by atoms with Crippen LogP contribution in [0.2, 0.25) is 0 Å². The van der Waals surface area contributed by atoms with Gasteiger partial charge in [0.05, 0.1) is 12.9 Å². The molecule has 3 rings (SSSR count). The number of aliphatic carboxylic acids is 1. The van der Waals surface area contributed by atoms with Crippen LogP contribution in [-0.2, 0) is 11.4 Å². The van der Waals surface area contributed by atoms with E-state index in [2.05, 4.69) is 0 Å². The molecule has 132 valence electrons. The number of thioether (sulfide) groups is 1. The number of carbonyl (C=O) groups is 1. The van der Waals surface area contributed by atoms with Gasteiger partial charge in [0, 0.05) is 11.1 Å². The lowest BCUT2D eigenvalue weighted by Crippen LogP contribution is -2.90. The molecule has 0 aromatic heterocycles. The maximum Gasteiger partial charge on any atom is 0.161 e. The Bertz CT molecular complexity index is 770. The number of carboxylic acid groups (broad SMARTS) is 1. The highest BCUT2D eigenvalue weighted by atomic mass is 32.2. The molecule has 0 bridgehead atoms. The van der Waals surface area contributed by atoms with E-state index in [9.17, 15) is 14.3 Å². The molecule has 0 aliphatic carbocycles. The molecule has 1 heterocycles. The van der Waals surface area contributed by atoms with Gasteiger partial charge < -0.3 is 24.7 Å². The highest BCUT2D eigenvalue weighted by Gasteiger charge is 2.31. The first-order chi connectivity index (χ1) is 12.1. The molecule has 25 heavy (non-hydrogen) atoms. The summed E-state index contributed by atoms with van der Waals surface area (Å²) in [7, 11) is 1.53. The molecule has 0 amide bonds. The molecule has 2 N–H and O–H groups in total. The first-order valence-corrected chi connectivity index (χ1v) is 8.85. The lowest BCUT2D eigenvalue weighted by atomic mass is 10.2. The van der Waals surface area contributed by atoms with Gasteiger partial charge in [-0.25, -0.2) is 4.39 Å². The quantitative estimate of drug-likeness (QED) is 0.823. The summed E-state index contributed by atoms with van der Waals surface area (Å²) in [6.45, 7) is 0.0967. The maximum absolute atomic E-state index is 13.7. The molecule has 1 fully saturated rings. The van der Waals surface area contributed by atoms with Crippen molar-refractivity contribution in [2.45, 2.75) is 18.0 Å². The zero-order valence-corrected chi connectivity index (χ0v) is 14.4. The zero-order valence-electron chi connectivity index (χ0n) is 13.6. The average Bonchev–Trinajstić information content (AvgIpc) is 3.11. The third-order valence-electron chi connectivity index (χ3n) is 4.02. The minimum absolute atomic E-state index is 0.0302. The monoisotopic (exact) mass is 363 g/mol. The fourth-order valence-electron chi connectivity index (χ4n) is 2.63. The van der Waals surface area contributed by atoms with Crippen molar-refractivity contribution in [1.29, 1.82) is 0 Å². The van der Waals surface area contributed by atoms with Crippen molar-refractivity contribution >= 4 is 17.7 Å². The van der Waals surface area contributed by atoms with Gasteiger partial charge in [-0.05, 0) is 24.3 Å². The SMILES string of the molecule is COc1cc([C@@H]2[NH2+][C@H](C(=O)[O-])CS2)ccc1OCc1ccccc1F. The molecule has 5 nitrogen and oxygen atoms in total. The van der Waals surface area contributed by atoms with Gasteiger partial charge >= 0.3 is 0 Å². The minimum atomic E-state index is -1.05. The molecule has 0 unspecified atom stereocenters. The summed E-state index contributed by atoms with van der Waals surface area (Å²) >= 11 is 1.55. The Kier molecular flexibility index (Phi) is 5.45. The number of benzene rings is 2. The minimum Gasteiger partial charge on any atom is -0.544 e. The Morgan fingerprint density at radius 2 is 2.12 bits per heavy atom. The molecule has 7 heteroatoms. The molecule has 0 radical (unpaired) electrons. The molecule has 1 aliphatic heterocycles. The molecule has 2 aromatic rings. The largest absolute Gasteiger partial charge is 0.544 e. The highest BCUT2D eigenvalue weighted by molar-refractivity contribution is 7.99. The van der Waals surface area contributed by atoms with Gasteiger partial charge in [0.1, 0.15) is 24.4 Å². The average molecular weight is 363 g/mol. The third kappa shape index (κ3) is 4.05. The van der Waals surface area contributed by atoms with E-state index >= 15 is 0 Å². The summed E-state index contributed by atoms with van der Waals surface area (Å²) in [6, 6.07) is 11.3. The van der Waals surface area contributed by atoms with Gasteiger partial charge in [0.15, 0.2) is 16.9 Å². The van der Waals surface area contributed by atoms with Crippen molar-refractivity contribution in [3.05, 3.63) is 59.4 Å². The van der Waals surface area contributed by atoms with E-state index in [0.29, 0.717) is 22.8 Å². The predicted molar refractivity (Wildman–Crippen MR) is 89.6 cm³/mol. The van der Waals surface area contributed by atoms with Crippen LogP contribution in [-0.4, -0.2) is 24.9 Å². The Hall–Kier alpha value is -2.25. The zero-order chi connectivity index (χ0) is 17.8. The first-order valence-electron chi connectivity index (χ1n) is 7.80. The maximum atomic E-state index is 13.7. The number of carbonyl (C=O) groups excluding carboxylic acids is 1. The second-order valence-corrected chi connectivity index (χ2v) is 6.84. The molecule has 2 aromatic carbocycles. The van der Waals surface area contributed by atoms with Crippen LogP contribution in [0.25, 0.3) is 0 Å². The van der Waals surface area contributed by atoms with Gasteiger partial charge in [0.2, 0.25) is 0 Å². The standard InChI is InChI=1S/C18H18FNO4S/c1-23-16-8-11(17-20-14(10-25-17)18(21)22)6-7-15(16)24-9-12-4-2-3-5-13(12)19/h2-8,14,17,20H,9-10H2,1H3,(H,21,22)/t14-,17+/m0/s1. The van der Waals surface area contributed by atoms with Crippen molar-refractivity contribution in [3.63, 3.8) is 0 Å². The number of hydrogen-bond acceptors (Lipinski definition) is 5. The van der Waals surface area contributed by atoms with Crippen molar-refractivity contribution in [1.82, 2.24) is 0 Å². The predicted octanol–water partition coefficient (Wildman–Crippen LogP) is 0.841. The fourth-order valence-corrected chi connectivity index (χ4v) is 3.94. The Morgan fingerprint density at radius 3 is 2.80 bits per heavy atom. The molecule has 1 aliphatic rings. The molecule has 2 atom stereocenters. The smallest absolute Gasteiger partial charge is 0.161 e. The van der Waals surface area contributed by atoms with E-state index in [4.69, 9.17) is 9.47 Å². The van der Waals surface area contributed by atoms with E-state index in [1.807, 2.05) is 12.1 Å². The van der Waals surface area contributed by atoms with Crippen molar-refractivity contribution in [3.8, 4) is 11.5 Å².